The highest BCUT2D eigenvalue weighted by Crippen LogP contribution is 2.18. The molecule has 1 amide bonds. The zero-order valence-corrected chi connectivity index (χ0v) is 10.9. The SMILES string of the molecule is CC1(C)CN(C(=O)c2ccc(C(=O)O)nc2)CCO1. The highest BCUT2D eigenvalue weighted by molar-refractivity contribution is 5.95. The zero-order chi connectivity index (χ0) is 14.0. The van der Waals surface area contributed by atoms with Gasteiger partial charge in [0.15, 0.2) is 0 Å². The molecule has 0 atom stereocenters. The molecule has 1 aliphatic heterocycles. The molecule has 0 aromatic carbocycles. The van der Waals surface area contributed by atoms with Gasteiger partial charge in [0.05, 0.1) is 17.8 Å². The van der Waals surface area contributed by atoms with Crippen LogP contribution in [0.5, 0.6) is 0 Å². The lowest BCUT2D eigenvalue weighted by Crippen LogP contribution is -2.50. The zero-order valence-electron chi connectivity index (χ0n) is 10.9. The van der Waals surface area contributed by atoms with Crippen molar-refractivity contribution in [3.63, 3.8) is 0 Å². The monoisotopic (exact) mass is 264 g/mol. The van der Waals surface area contributed by atoms with E-state index in [4.69, 9.17) is 9.84 Å². The van der Waals surface area contributed by atoms with Crippen molar-refractivity contribution in [2.45, 2.75) is 19.4 Å². The van der Waals surface area contributed by atoms with Crippen molar-refractivity contribution >= 4 is 11.9 Å². The van der Waals surface area contributed by atoms with Crippen LogP contribution in [0.4, 0.5) is 0 Å². The van der Waals surface area contributed by atoms with E-state index < -0.39 is 5.97 Å². The molecule has 0 saturated carbocycles. The summed E-state index contributed by atoms with van der Waals surface area (Å²) in [6.45, 7) is 5.39. The molecule has 0 bridgehead atoms. The van der Waals surface area contributed by atoms with Crippen LogP contribution >= 0.6 is 0 Å². The van der Waals surface area contributed by atoms with Gasteiger partial charge in [0.2, 0.25) is 0 Å². The van der Waals surface area contributed by atoms with Gasteiger partial charge in [0, 0.05) is 19.3 Å². The molecule has 2 heterocycles. The third kappa shape index (κ3) is 3.08. The Kier molecular flexibility index (Phi) is 3.53. The van der Waals surface area contributed by atoms with Crippen LogP contribution in [0.1, 0.15) is 34.7 Å². The Labute approximate surface area is 111 Å². The van der Waals surface area contributed by atoms with Crippen molar-refractivity contribution in [1.29, 1.82) is 0 Å². The van der Waals surface area contributed by atoms with E-state index >= 15 is 0 Å². The lowest BCUT2D eigenvalue weighted by molar-refractivity contribution is -0.0764. The maximum atomic E-state index is 12.3. The Morgan fingerprint density at radius 1 is 1.42 bits per heavy atom. The Bertz CT molecular complexity index is 496. The summed E-state index contributed by atoms with van der Waals surface area (Å²) in [7, 11) is 0. The second kappa shape index (κ2) is 4.97. The molecule has 1 aromatic rings. The summed E-state index contributed by atoms with van der Waals surface area (Å²) in [4.78, 5) is 28.4. The summed E-state index contributed by atoms with van der Waals surface area (Å²) < 4.78 is 5.54. The first-order valence-electron chi connectivity index (χ1n) is 6.02. The molecule has 1 fully saturated rings. The third-order valence-electron chi connectivity index (χ3n) is 2.94. The molecule has 0 unspecified atom stereocenters. The Balaban J connectivity index is 2.13. The molecule has 1 N–H and O–H groups in total. The lowest BCUT2D eigenvalue weighted by atomic mass is 10.1. The number of carbonyl (C=O) groups excluding carboxylic acids is 1. The van der Waals surface area contributed by atoms with Gasteiger partial charge >= 0.3 is 5.97 Å². The van der Waals surface area contributed by atoms with Gasteiger partial charge in [-0.25, -0.2) is 9.78 Å². The number of nitrogens with zero attached hydrogens (tertiary/aromatic N) is 2. The van der Waals surface area contributed by atoms with Crippen LogP contribution in [0.15, 0.2) is 18.3 Å². The lowest BCUT2D eigenvalue weighted by Gasteiger charge is -2.38. The van der Waals surface area contributed by atoms with Gasteiger partial charge in [-0.05, 0) is 26.0 Å². The fourth-order valence-corrected chi connectivity index (χ4v) is 2.02. The number of aromatic nitrogens is 1. The van der Waals surface area contributed by atoms with Gasteiger partial charge in [0.25, 0.3) is 5.91 Å². The Morgan fingerprint density at radius 3 is 2.68 bits per heavy atom. The number of carbonyl (C=O) groups is 2. The summed E-state index contributed by atoms with van der Waals surface area (Å²) in [5.41, 5.74) is -0.0379. The fourth-order valence-electron chi connectivity index (χ4n) is 2.02. The first-order valence-corrected chi connectivity index (χ1v) is 6.02. The van der Waals surface area contributed by atoms with Crippen LogP contribution in [0.2, 0.25) is 0 Å². The van der Waals surface area contributed by atoms with Gasteiger partial charge in [-0.15, -0.1) is 0 Å². The number of rotatable bonds is 2. The van der Waals surface area contributed by atoms with E-state index in [1.165, 1.54) is 18.3 Å². The van der Waals surface area contributed by atoms with Crippen LogP contribution < -0.4 is 0 Å². The van der Waals surface area contributed by atoms with Crippen LogP contribution in [0.3, 0.4) is 0 Å². The van der Waals surface area contributed by atoms with Gasteiger partial charge in [-0.2, -0.15) is 0 Å². The molecule has 1 aromatic heterocycles. The predicted octanol–water partition coefficient (Wildman–Crippen LogP) is 1.03. The number of amides is 1. The Hall–Kier alpha value is -1.95. The molecule has 1 aliphatic rings. The second-order valence-electron chi connectivity index (χ2n) is 5.07. The van der Waals surface area contributed by atoms with E-state index in [1.807, 2.05) is 13.8 Å². The number of carboxylic acid groups (broad SMARTS) is 1. The minimum absolute atomic E-state index is 0.0705. The number of carboxylic acids is 1. The van der Waals surface area contributed by atoms with Crippen LogP contribution in [0, 0.1) is 0 Å². The average molecular weight is 264 g/mol. The standard InChI is InChI=1S/C13H16N2O4/c1-13(2)8-15(5-6-19-13)11(16)9-3-4-10(12(17)18)14-7-9/h3-4,7H,5-6,8H2,1-2H3,(H,17,18). The summed E-state index contributed by atoms with van der Waals surface area (Å²) in [6, 6.07) is 2.82. The predicted molar refractivity (Wildman–Crippen MR) is 67.1 cm³/mol. The molecule has 0 spiro atoms. The molecule has 0 aliphatic carbocycles. The maximum absolute atomic E-state index is 12.3. The summed E-state index contributed by atoms with van der Waals surface area (Å²) in [5, 5.41) is 8.76. The van der Waals surface area contributed by atoms with E-state index in [1.54, 1.807) is 4.90 Å². The third-order valence-corrected chi connectivity index (χ3v) is 2.94. The first-order chi connectivity index (χ1) is 8.89. The van der Waals surface area contributed by atoms with Crippen molar-refractivity contribution < 1.29 is 19.4 Å². The molecular formula is C13H16N2O4. The number of hydrogen-bond donors (Lipinski definition) is 1. The number of aromatic carboxylic acids is 1. The van der Waals surface area contributed by atoms with Crippen LogP contribution in [0.25, 0.3) is 0 Å². The molecular weight excluding hydrogens is 248 g/mol. The molecule has 102 valence electrons. The van der Waals surface area contributed by atoms with Crippen molar-refractivity contribution in [2.75, 3.05) is 19.7 Å². The van der Waals surface area contributed by atoms with Gasteiger partial charge in [-0.3, -0.25) is 4.79 Å². The maximum Gasteiger partial charge on any atom is 0.354 e. The first kappa shape index (κ1) is 13.5. The summed E-state index contributed by atoms with van der Waals surface area (Å²) >= 11 is 0. The number of morpholine rings is 1. The number of hydrogen-bond acceptors (Lipinski definition) is 4. The minimum atomic E-state index is -1.11. The van der Waals surface area contributed by atoms with Gasteiger partial charge in [0.1, 0.15) is 5.69 Å². The molecule has 2 rings (SSSR count). The van der Waals surface area contributed by atoms with Crippen molar-refractivity contribution in [1.82, 2.24) is 9.88 Å². The quantitative estimate of drug-likeness (QED) is 0.863. The van der Waals surface area contributed by atoms with E-state index in [0.29, 0.717) is 25.3 Å². The van der Waals surface area contributed by atoms with Crippen molar-refractivity contribution in [3.8, 4) is 0 Å². The summed E-state index contributed by atoms with van der Waals surface area (Å²) in [5.74, 6) is -1.26. The summed E-state index contributed by atoms with van der Waals surface area (Å²) in [6.07, 6.45) is 1.30. The molecule has 1 saturated heterocycles. The highest BCUT2D eigenvalue weighted by atomic mass is 16.5. The molecule has 19 heavy (non-hydrogen) atoms. The van der Waals surface area contributed by atoms with Crippen molar-refractivity contribution in [2.24, 2.45) is 0 Å². The molecule has 0 radical (unpaired) electrons. The van der Waals surface area contributed by atoms with Gasteiger partial charge < -0.3 is 14.7 Å². The smallest absolute Gasteiger partial charge is 0.354 e. The van der Waals surface area contributed by atoms with E-state index in [2.05, 4.69) is 4.98 Å². The normalized spacial score (nSPS) is 18.1. The van der Waals surface area contributed by atoms with E-state index in [9.17, 15) is 9.59 Å². The topological polar surface area (TPSA) is 79.7 Å². The second-order valence-corrected chi connectivity index (χ2v) is 5.07. The van der Waals surface area contributed by atoms with E-state index in [-0.39, 0.29) is 17.2 Å². The van der Waals surface area contributed by atoms with Crippen LogP contribution in [-0.4, -0.2) is 52.2 Å². The Morgan fingerprint density at radius 2 is 2.16 bits per heavy atom. The number of pyridine rings is 1. The van der Waals surface area contributed by atoms with Gasteiger partial charge in [-0.1, -0.05) is 0 Å². The fraction of sp³-hybridized carbons (Fsp3) is 0.462. The molecule has 6 nitrogen and oxygen atoms in total. The minimum Gasteiger partial charge on any atom is -0.477 e. The number of ether oxygens (including phenoxy) is 1. The average Bonchev–Trinajstić information content (AvgIpc) is 2.37. The van der Waals surface area contributed by atoms with Crippen LogP contribution in [-0.2, 0) is 4.74 Å². The molecule has 6 heteroatoms. The largest absolute Gasteiger partial charge is 0.477 e. The highest BCUT2D eigenvalue weighted by Gasteiger charge is 2.30. The van der Waals surface area contributed by atoms with Crippen molar-refractivity contribution in [3.05, 3.63) is 29.6 Å². The van der Waals surface area contributed by atoms with E-state index in [0.717, 1.165) is 0 Å².